The number of para-hydroxylation sites is 1. The molecule has 0 radical (unpaired) electrons. The van der Waals surface area contributed by atoms with Crippen molar-refractivity contribution in [1.29, 1.82) is 0 Å². The smallest absolute Gasteiger partial charge is 0.0702 e. The van der Waals surface area contributed by atoms with Crippen molar-refractivity contribution >= 4 is 10.9 Å². The van der Waals surface area contributed by atoms with Gasteiger partial charge in [-0.2, -0.15) is 0 Å². The Morgan fingerprint density at radius 2 is 1.71 bits per heavy atom. The van der Waals surface area contributed by atoms with Crippen LogP contribution in [0.4, 0.5) is 0 Å². The molecule has 1 N–H and O–H groups in total. The molecule has 0 amide bonds. The number of rotatable bonds is 3. The number of nitrogens with zero attached hydrogens (tertiary/aromatic N) is 1. The monoisotopic (exact) mass is 316 g/mol. The van der Waals surface area contributed by atoms with Crippen LogP contribution in [0.2, 0.25) is 0 Å². The summed E-state index contributed by atoms with van der Waals surface area (Å²) in [6.07, 6.45) is 4.56. The van der Waals surface area contributed by atoms with Gasteiger partial charge in [-0.25, -0.2) is 0 Å². The first-order valence-corrected chi connectivity index (χ1v) is 8.97. The highest BCUT2D eigenvalue weighted by atomic mass is 14.9. The molecule has 2 heterocycles. The van der Waals surface area contributed by atoms with Gasteiger partial charge in [0.1, 0.15) is 0 Å². The number of fused-ring (bicyclic) bond motifs is 1. The molecule has 4 rings (SSSR count). The van der Waals surface area contributed by atoms with Crippen LogP contribution in [-0.2, 0) is 0 Å². The van der Waals surface area contributed by atoms with Crippen LogP contribution >= 0.6 is 0 Å². The average molecular weight is 316 g/mol. The van der Waals surface area contributed by atoms with Gasteiger partial charge in [0.2, 0.25) is 0 Å². The molecule has 3 aromatic rings. The number of nitrogens with one attached hydrogen (secondary N) is 1. The van der Waals surface area contributed by atoms with E-state index in [2.05, 4.69) is 65.8 Å². The second kappa shape index (κ2) is 6.74. The quantitative estimate of drug-likeness (QED) is 0.735. The summed E-state index contributed by atoms with van der Waals surface area (Å²) >= 11 is 0. The fourth-order valence-corrected chi connectivity index (χ4v) is 3.82. The lowest BCUT2D eigenvalue weighted by Crippen LogP contribution is -2.30. The molecule has 1 aliphatic rings. The van der Waals surface area contributed by atoms with Gasteiger partial charge in [0.25, 0.3) is 0 Å². The molecule has 1 atom stereocenters. The fraction of sp³-hybridized carbons (Fsp3) is 0.318. The van der Waals surface area contributed by atoms with Gasteiger partial charge in [-0.15, -0.1) is 0 Å². The van der Waals surface area contributed by atoms with Crippen LogP contribution in [-0.4, -0.2) is 18.1 Å². The number of hydrogen-bond donors (Lipinski definition) is 1. The van der Waals surface area contributed by atoms with E-state index in [1.807, 2.05) is 12.3 Å². The number of benzene rings is 2. The third-order valence-electron chi connectivity index (χ3n) is 5.45. The maximum absolute atomic E-state index is 4.58. The van der Waals surface area contributed by atoms with Crippen molar-refractivity contribution in [2.45, 2.75) is 25.7 Å². The molecule has 0 bridgehead atoms. The SMILES string of the molecule is CC(c1ccc(-c2cnc3ccccc3c2)cc1)C1CCNCC1. The van der Waals surface area contributed by atoms with E-state index in [-0.39, 0.29) is 0 Å². The molecular formula is C22H24N2. The molecule has 1 saturated heterocycles. The molecule has 0 aliphatic carbocycles. The van der Waals surface area contributed by atoms with Crippen LogP contribution in [0.15, 0.2) is 60.8 Å². The van der Waals surface area contributed by atoms with Crippen molar-refractivity contribution in [2.24, 2.45) is 5.92 Å². The Morgan fingerprint density at radius 3 is 2.50 bits per heavy atom. The molecule has 0 saturated carbocycles. The minimum Gasteiger partial charge on any atom is -0.317 e. The van der Waals surface area contributed by atoms with Crippen LogP contribution in [0.1, 0.15) is 31.2 Å². The summed E-state index contributed by atoms with van der Waals surface area (Å²) in [7, 11) is 0. The van der Waals surface area contributed by atoms with E-state index >= 15 is 0 Å². The summed E-state index contributed by atoms with van der Waals surface area (Å²) in [6.45, 7) is 4.70. The van der Waals surface area contributed by atoms with Crippen molar-refractivity contribution in [1.82, 2.24) is 10.3 Å². The Morgan fingerprint density at radius 1 is 0.958 bits per heavy atom. The number of hydrogen-bond acceptors (Lipinski definition) is 2. The summed E-state index contributed by atoms with van der Waals surface area (Å²) in [5, 5.41) is 4.66. The first-order valence-electron chi connectivity index (χ1n) is 8.97. The highest BCUT2D eigenvalue weighted by molar-refractivity contribution is 5.83. The van der Waals surface area contributed by atoms with Crippen molar-refractivity contribution in [3.8, 4) is 11.1 Å². The first kappa shape index (κ1) is 15.3. The predicted molar refractivity (Wildman–Crippen MR) is 101 cm³/mol. The normalized spacial score (nSPS) is 17.0. The number of pyridine rings is 1. The van der Waals surface area contributed by atoms with Gasteiger partial charge in [-0.3, -0.25) is 4.98 Å². The molecule has 1 aromatic heterocycles. The Labute approximate surface area is 143 Å². The minimum absolute atomic E-state index is 0.635. The lowest BCUT2D eigenvalue weighted by atomic mass is 9.81. The van der Waals surface area contributed by atoms with Gasteiger partial charge in [0, 0.05) is 17.1 Å². The second-order valence-corrected chi connectivity index (χ2v) is 6.91. The fourth-order valence-electron chi connectivity index (χ4n) is 3.82. The van der Waals surface area contributed by atoms with E-state index in [1.165, 1.54) is 34.9 Å². The second-order valence-electron chi connectivity index (χ2n) is 6.91. The number of aromatic nitrogens is 1. The third kappa shape index (κ3) is 3.07. The molecule has 1 aliphatic heterocycles. The van der Waals surface area contributed by atoms with E-state index in [4.69, 9.17) is 0 Å². The largest absolute Gasteiger partial charge is 0.317 e. The number of piperidine rings is 1. The van der Waals surface area contributed by atoms with E-state index in [0.717, 1.165) is 24.5 Å². The van der Waals surface area contributed by atoms with Crippen molar-refractivity contribution in [2.75, 3.05) is 13.1 Å². The summed E-state index contributed by atoms with van der Waals surface area (Å²) in [5.41, 5.74) is 4.95. The standard InChI is InChI=1S/C22H24N2/c1-16(18-10-12-23-13-11-18)17-6-8-19(9-7-17)21-14-20-4-2-3-5-22(20)24-15-21/h2-9,14-16,18,23H,10-13H2,1H3. The maximum Gasteiger partial charge on any atom is 0.0702 e. The van der Waals surface area contributed by atoms with E-state index in [0.29, 0.717) is 5.92 Å². The molecule has 2 aromatic carbocycles. The van der Waals surface area contributed by atoms with Gasteiger partial charge < -0.3 is 5.32 Å². The lowest BCUT2D eigenvalue weighted by molar-refractivity contribution is 0.330. The Bertz CT molecular complexity index is 817. The molecule has 24 heavy (non-hydrogen) atoms. The van der Waals surface area contributed by atoms with Gasteiger partial charge in [-0.1, -0.05) is 49.4 Å². The van der Waals surface area contributed by atoms with Crippen molar-refractivity contribution in [3.63, 3.8) is 0 Å². The van der Waals surface area contributed by atoms with Crippen LogP contribution in [0.25, 0.3) is 22.0 Å². The summed E-state index contributed by atoms with van der Waals surface area (Å²) in [5.74, 6) is 1.44. The van der Waals surface area contributed by atoms with Crippen molar-refractivity contribution in [3.05, 3.63) is 66.4 Å². The molecule has 1 fully saturated rings. The zero-order chi connectivity index (χ0) is 16.4. The van der Waals surface area contributed by atoms with Crippen molar-refractivity contribution < 1.29 is 0 Å². The minimum atomic E-state index is 0.635. The average Bonchev–Trinajstić information content (AvgIpc) is 2.68. The molecule has 0 spiro atoms. The van der Waals surface area contributed by atoms with Gasteiger partial charge in [0.05, 0.1) is 5.52 Å². The van der Waals surface area contributed by atoms with E-state index in [1.54, 1.807) is 0 Å². The van der Waals surface area contributed by atoms with Crippen LogP contribution in [0.5, 0.6) is 0 Å². The summed E-state index contributed by atoms with van der Waals surface area (Å²) in [6, 6.07) is 19.6. The highest BCUT2D eigenvalue weighted by Gasteiger charge is 2.21. The Kier molecular flexibility index (Phi) is 4.31. The van der Waals surface area contributed by atoms with E-state index in [9.17, 15) is 0 Å². The maximum atomic E-state index is 4.58. The third-order valence-corrected chi connectivity index (χ3v) is 5.45. The first-order chi connectivity index (χ1) is 11.8. The molecule has 2 heteroatoms. The molecule has 1 unspecified atom stereocenters. The Balaban J connectivity index is 1.58. The molecular weight excluding hydrogens is 292 g/mol. The zero-order valence-electron chi connectivity index (χ0n) is 14.2. The topological polar surface area (TPSA) is 24.9 Å². The van der Waals surface area contributed by atoms with Gasteiger partial charge in [0.15, 0.2) is 0 Å². The molecule has 122 valence electrons. The highest BCUT2D eigenvalue weighted by Crippen LogP contribution is 2.32. The molecule has 2 nitrogen and oxygen atoms in total. The Hall–Kier alpha value is -2.19. The van der Waals surface area contributed by atoms with Crippen LogP contribution in [0, 0.1) is 5.92 Å². The van der Waals surface area contributed by atoms with Crippen LogP contribution in [0.3, 0.4) is 0 Å². The van der Waals surface area contributed by atoms with Gasteiger partial charge in [-0.05, 0) is 61.0 Å². The predicted octanol–water partition coefficient (Wildman–Crippen LogP) is 5.00. The lowest BCUT2D eigenvalue weighted by Gasteiger charge is -2.28. The zero-order valence-corrected chi connectivity index (χ0v) is 14.2. The summed E-state index contributed by atoms with van der Waals surface area (Å²) < 4.78 is 0. The summed E-state index contributed by atoms with van der Waals surface area (Å²) in [4.78, 5) is 4.58. The van der Waals surface area contributed by atoms with E-state index < -0.39 is 0 Å². The van der Waals surface area contributed by atoms with Gasteiger partial charge >= 0.3 is 0 Å². The van der Waals surface area contributed by atoms with Crippen LogP contribution < -0.4 is 5.32 Å².